The molecule has 258 valence electrons. The van der Waals surface area contributed by atoms with Crippen LogP contribution in [0, 0.1) is 23.7 Å². The van der Waals surface area contributed by atoms with Crippen molar-refractivity contribution in [3.05, 3.63) is 90.0 Å². The highest BCUT2D eigenvalue weighted by molar-refractivity contribution is 9.09. The summed E-state index contributed by atoms with van der Waals surface area (Å²) in [5.41, 5.74) is 3.20. The summed E-state index contributed by atoms with van der Waals surface area (Å²) in [5, 5.41) is 13.7. The minimum absolute atomic E-state index is 0.114. The highest BCUT2D eigenvalue weighted by atomic mass is 79.9. The van der Waals surface area contributed by atoms with Crippen molar-refractivity contribution >= 4 is 85.9 Å². The second-order valence-electron chi connectivity index (χ2n) is 12.7. The summed E-state index contributed by atoms with van der Waals surface area (Å²) in [4.78, 5) is 54.5. The number of benzene rings is 3. The first-order valence-corrected chi connectivity index (χ1v) is 17.8. The van der Waals surface area contributed by atoms with E-state index in [9.17, 15) is 24.3 Å². The van der Waals surface area contributed by atoms with Gasteiger partial charge in [0.15, 0.2) is 21.2 Å². The van der Waals surface area contributed by atoms with Gasteiger partial charge in [-0.1, -0.05) is 57.9 Å². The lowest BCUT2D eigenvalue weighted by Gasteiger charge is -2.49. The molecular formula is C37H32BrCl2N3O7. The lowest BCUT2D eigenvalue weighted by Crippen LogP contribution is -2.60. The number of ether oxygens (including phenoxy) is 2. The van der Waals surface area contributed by atoms with Crippen LogP contribution in [0.15, 0.2) is 84.5 Å². The van der Waals surface area contributed by atoms with Gasteiger partial charge in [0.1, 0.15) is 0 Å². The van der Waals surface area contributed by atoms with Crippen molar-refractivity contribution in [1.82, 2.24) is 4.90 Å². The number of hydrogen-bond donors (Lipinski definition) is 2. The molecule has 0 aromatic heterocycles. The Kier molecular flexibility index (Phi) is 8.73. The van der Waals surface area contributed by atoms with Crippen molar-refractivity contribution in [3.63, 3.8) is 0 Å². The maximum Gasteiger partial charge on any atom is 0.254 e. The lowest BCUT2D eigenvalue weighted by molar-refractivity contribution is -0.138. The second kappa shape index (κ2) is 12.8. The van der Waals surface area contributed by atoms with E-state index in [0.29, 0.717) is 16.8 Å². The number of anilines is 3. The van der Waals surface area contributed by atoms with Gasteiger partial charge in [0.25, 0.3) is 11.8 Å². The molecule has 2 aliphatic carbocycles. The third-order valence-corrected chi connectivity index (χ3v) is 12.2. The van der Waals surface area contributed by atoms with E-state index in [1.54, 1.807) is 48.6 Å². The molecule has 0 unspecified atom stereocenters. The summed E-state index contributed by atoms with van der Waals surface area (Å²) in [5.74, 6) is -5.03. The Balaban J connectivity index is 1.26. The van der Waals surface area contributed by atoms with Crippen LogP contribution in [0.5, 0.6) is 17.2 Å². The zero-order valence-corrected chi connectivity index (χ0v) is 30.0. The molecule has 4 aliphatic rings. The molecule has 13 heteroatoms. The molecule has 3 aromatic carbocycles. The van der Waals surface area contributed by atoms with Gasteiger partial charge in [-0.05, 0) is 72.9 Å². The van der Waals surface area contributed by atoms with Crippen LogP contribution in [-0.2, 0) is 19.2 Å². The number of allylic oxidation sites excluding steroid dienone is 3. The van der Waals surface area contributed by atoms with Crippen LogP contribution < -0.4 is 19.7 Å². The highest BCUT2D eigenvalue weighted by Gasteiger charge is 2.75. The zero-order chi connectivity index (χ0) is 35.5. The molecule has 1 saturated carbocycles. The number of alkyl halides is 3. The molecule has 2 saturated heterocycles. The van der Waals surface area contributed by atoms with Crippen molar-refractivity contribution in [3.8, 4) is 17.2 Å². The minimum atomic E-state index is -1.93. The van der Waals surface area contributed by atoms with Crippen LogP contribution in [0.25, 0.3) is 6.08 Å². The molecule has 0 radical (unpaired) electrons. The number of fused-ring (bicyclic) bond motifs is 4. The van der Waals surface area contributed by atoms with Crippen molar-refractivity contribution in [2.75, 3.05) is 29.9 Å². The summed E-state index contributed by atoms with van der Waals surface area (Å²) in [6.45, 7) is 0. The van der Waals surface area contributed by atoms with Crippen molar-refractivity contribution in [2.45, 2.75) is 22.6 Å². The number of carbonyl (C=O) groups excluding carboxylic acids is 4. The lowest BCUT2D eigenvalue weighted by atomic mass is 9.57. The monoisotopic (exact) mass is 779 g/mol. The van der Waals surface area contributed by atoms with E-state index in [4.69, 9.17) is 32.7 Å². The number of phenolic OH excluding ortho intramolecular Hbond substituents is 1. The molecule has 6 atom stereocenters. The SMILES string of the molecule is COc1cc(C=C[C@H]2C3=CC[C@@H]4C(=O)N(c5ccc(Nc6ccccc6)cc5)C(=O)[C@@H]4[C@@H]3C[C@@]3(Cl)C(=O)N(CBr)C(=O)[C@@]23Cl)cc(OC)c1O. The van der Waals surface area contributed by atoms with Gasteiger partial charge >= 0.3 is 0 Å². The van der Waals surface area contributed by atoms with Gasteiger partial charge in [-0.15, -0.1) is 23.2 Å². The molecule has 3 aromatic rings. The van der Waals surface area contributed by atoms with Crippen LogP contribution in [-0.4, -0.2) is 63.1 Å². The number of aromatic hydroxyl groups is 1. The van der Waals surface area contributed by atoms with Gasteiger partial charge in [-0.3, -0.25) is 29.0 Å². The predicted octanol–water partition coefficient (Wildman–Crippen LogP) is 6.61. The van der Waals surface area contributed by atoms with Gasteiger partial charge in [0.05, 0.1) is 37.2 Å². The largest absolute Gasteiger partial charge is 0.502 e. The van der Waals surface area contributed by atoms with Crippen LogP contribution in [0.3, 0.4) is 0 Å². The Morgan fingerprint density at radius 1 is 0.920 bits per heavy atom. The first-order valence-electron chi connectivity index (χ1n) is 15.9. The summed E-state index contributed by atoms with van der Waals surface area (Å²) in [6.07, 6.45) is 5.36. The fourth-order valence-electron chi connectivity index (χ4n) is 7.86. The Morgan fingerprint density at radius 3 is 2.18 bits per heavy atom. The molecule has 2 N–H and O–H groups in total. The first-order chi connectivity index (χ1) is 24.0. The topological polar surface area (TPSA) is 125 Å². The van der Waals surface area contributed by atoms with Gasteiger partial charge in [-0.25, -0.2) is 0 Å². The van der Waals surface area contributed by atoms with Crippen LogP contribution in [0.4, 0.5) is 17.1 Å². The number of amides is 4. The van der Waals surface area contributed by atoms with E-state index >= 15 is 0 Å². The molecule has 0 bridgehead atoms. The fraction of sp³-hybridized carbons (Fsp3) is 0.297. The number of nitrogens with one attached hydrogen (secondary N) is 1. The minimum Gasteiger partial charge on any atom is -0.502 e. The standard InChI is InChI=1S/C37H32BrCl2N3O7/c1-49-28-16-20(17-29(50-2)31(28)44)8-15-27-24-13-14-25-30(26(24)18-36(39)34(47)42(19-38)35(48)37(27,36)40)33(46)43(32(25)45)23-11-9-22(10-12-23)41-21-6-4-3-5-7-21/h3-13,15-17,25-27,30,41,44H,14,18-19H2,1-2H3/t25-,26+,27-,30-,36+,37-/m0/s1. The average molecular weight is 781 g/mol. The van der Waals surface area contributed by atoms with Gasteiger partial charge in [0.2, 0.25) is 17.6 Å². The number of hydrogen-bond acceptors (Lipinski definition) is 8. The smallest absolute Gasteiger partial charge is 0.254 e. The van der Waals surface area contributed by atoms with E-state index < -0.39 is 51.1 Å². The van der Waals surface area contributed by atoms with Crippen LogP contribution in [0.1, 0.15) is 18.4 Å². The van der Waals surface area contributed by atoms with Gasteiger partial charge in [0, 0.05) is 17.3 Å². The Hall–Kier alpha value is -4.32. The predicted molar refractivity (Wildman–Crippen MR) is 193 cm³/mol. The highest BCUT2D eigenvalue weighted by Crippen LogP contribution is 2.63. The number of phenols is 1. The summed E-state index contributed by atoms with van der Waals surface area (Å²) >= 11 is 17.8. The van der Waals surface area contributed by atoms with E-state index in [1.165, 1.54) is 19.1 Å². The third kappa shape index (κ3) is 5.04. The number of halogens is 3. The molecule has 2 heterocycles. The number of imide groups is 2. The Morgan fingerprint density at radius 2 is 1.56 bits per heavy atom. The normalized spacial score (nSPS) is 28.8. The summed E-state index contributed by atoms with van der Waals surface area (Å²) in [7, 11) is 2.81. The maximum atomic E-state index is 14.3. The van der Waals surface area contributed by atoms with Gasteiger partial charge < -0.3 is 19.9 Å². The van der Waals surface area contributed by atoms with E-state index in [2.05, 4.69) is 21.2 Å². The Bertz CT molecular complexity index is 1950. The number of rotatable bonds is 8. The number of carbonyl (C=O) groups is 4. The van der Waals surface area contributed by atoms with Crippen LogP contribution >= 0.6 is 39.1 Å². The third-order valence-electron chi connectivity index (χ3n) is 10.2. The fourth-order valence-corrected chi connectivity index (χ4v) is 9.24. The van der Waals surface area contributed by atoms with Gasteiger partial charge in [-0.2, -0.15) is 0 Å². The molecule has 50 heavy (non-hydrogen) atoms. The molecule has 10 nitrogen and oxygen atoms in total. The molecule has 2 aliphatic heterocycles. The number of para-hydroxylation sites is 1. The average Bonchev–Trinajstić information content (AvgIpc) is 3.46. The van der Waals surface area contributed by atoms with E-state index in [1.807, 2.05) is 36.4 Å². The van der Waals surface area contributed by atoms with Crippen LogP contribution in [0.2, 0.25) is 0 Å². The van der Waals surface area contributed by atoms with Crippen molar-refractivity contribution < 1.29 is 33.8 Å². The molecule has 0 spiro atoms. The molecular weight excluding hydrogens is 749 g/mol. The van der Waals surface area contributed by atoms with E-state index in [-0.39, 0.29) is 41.5 Å². The van der Waals surface area contributed by atoms with Crippen molar-refractivity contribution in [2.24, 2.45) is 23.7 Å². The number of likely N-dealkylation sites (tertiary alicyclic amines) is 1. The first kappa shape index (κ1) is 34.1. The molecule has 4 amide bonds. The Labute approximate surface area is 306 Å². The molecule has 7 rings (SSSR count). The summed E-state index contributed by atoms with van der Waals surface area (Å²) < 4.78 is 10.6. The second-order valence-corrected chi connectivity index (χ2v) is 14.5. The maximum absolute atomic E-state index is 14.3. The van der Waals surface area contributed by atoms with E-state index in [0.717, 1.165) is 16.3 Å². The summed E-state index contributed by atoms with van der Waals surface area (Å²) in [6, 6.07) is 19.8. The quantitative estimate of drug-likeness (QED) is 0.113. The molecule has 3 fully saturated rings. The number of nitrogens with zero attached hydrogens (tertiary/aromatic N) is 2. The number of methoxy groups -OCH3 is 2. The van der Waals surface area contributed by atoms with Crippen molar-refractivity contribution in [1.29, 1.82) is 0 Å². The zero-order valence-electron chi connectivity index (χ0n) is 26.9.